The minimum atomic E-state index is -1.42. The molecule has 0 aliphatic heterocycles. The predicted octanol–water partition coefficient (Wildman–Crippen LogP) is 7.08. The molecule has 0 fully saturated rings. The van der Waals surface area contributed by atoms with E-state index in [1.54, 1.807) is 13.8 Å². The highest BCUT2D eigenvalue weighted by Gasteiger charge is 2.35. The highest BCUT2D eigenvalue weighted by molar-refractivity contribution is 7.10. The number of nitrogens with zero attached hydrogens (tertiary/aromatic N) is 2. The van der Waals surface area contributed by atoms with E-state index in [1.165, 1.54) is 24.8 Å². The minimum Gasteiger partial charge on any atom is -0.464 e. The van der Waals surface area contributed by atoms with Crippen molar-refractivity contribution in [2.24, 2.45) is 17.8 Å². The number of nitrogens with one attached hydrogen (secondary N) is 1. The summed E-state index contributed by atoms with van der Waals surface area (Å²) in [5, 5.41) is 17.0. The quantitative estimate of drug-likeness (QED) is 0.0614. The standard InChI is InChI=1S/C38H55Cl2N3O12S2/c1-10-12-30(46)41-24(15-20(2)3)29(53-23(7)44)16-31(47)52-17-27(45)33-42-26(19-56-33)37(50)54-28(13-11-14-38(8,39)40)22(6)35(48)55-32(21(4)5)34-43-25(18-57-34)36(49)51-9/h18-22,24,27-29,32,45H,10-17H2,1-9H3,(H,41,46)/t22-,24-,27+,28-,29+,32-/m0/s1. The number of methoxy groups -OCH3 is 1. The smallest absolute Gasteiger partial charge is 0.358 e. The number of alkyl halides is 2. The summed E-state index contributed by atoms with van der Waals surface area (Å²) in [6, 6.07) is -0.642. The molecular formula is C38H55Cl2N3O12S2. The number of halogens is 2. The zero-order chi connectivity index (χ0) is 43.0. The summed E-state index contributed by atoms with van der Waals surface area (Å²) in [6.07, 6.45) is -2.38. The second-order valence-electron chi connectivity index (χ2n) is 14.5. The van der Waals surface area contributed by atoms with E-state index >= 15 is 0 Å². The molecule has 0 bridgehead atoms. The van der Waals surface area contributed by atoms with Crippen molar-refractivity contribution in [2.45, 2.75) is 135 Å². The van der Waals surface area contributed by atoms with Crippen molar-refractivity contribution >= 4 is 81.6 Å². The van der Waals surface area contributed by atoms with E-state index in [4.69, 9.17) is 46.9 Å². The molecule has 0 aliphatic rings. The topological polar surface area (TPSA) is 207 Å². The van der Waals surface area contributed by atoms with Crippen LogP contribution >= 0.6 is 45.9 Å². The van der Waals surface area contributed by atoms with E-state index in [0.29, 0.717) is 30.7 Å². The van der Waals surface area contributed by atoms with Gasteiger partial charge in [-0.05, 0) is 57.8 Å². The molecule has 2 aromatic rings. The number of ether oxygens (including phenoxy) is 5. The number of rotatable bonds is 24. The summed E-state index contributed by atoms with van der Waals surface area (Å²) in [7, 11) is 1.24. The van der Waals surface area contributed by atoms with Gasteiger partial charge in [-0.1, -0.05) is 34.6 Å². The highest BCUT2D eigenvalue weighted by atomic mass is 35.5. The molecule has 0 aromatic carbocycles. The zero-order valence-electron chi connectivity index (χ0n) is 33.8. The lowest BCUT2D eigenvalue weighted by molar-refractivity contribution is -0.160. The molecule has 320 valence electrons. The van der Waals surface area contributed by atoms with E-state index in [0.717, 1.165) is 22.7 Å². The molecule has 1 amide bonds. The molecule has 15 nitrogen and oxygen atoms in total. The first kappa shape index (κ1) is 49.8. The fraction of sp³-hybridized carbons (Fsp3) is 0.684. The van der Waals surface area contributed by atoms with Crippen LogP contribution < -0.4 is 5.32 Å². The van der Waals surface area contributed by atoms with Crippen LogP contribution in [0.15, 0.2) is 10.8 Å². The average Bonchev–Trinajstić information content (AvgIpc) is 3.81. The number of amides is 1. The van der Waals surface area contributed by atoms with Crippen LogP contribution in [-0.4, -0.2) is 87.1 Å². The fourth-order valence-electron chi connectivity index (χ4n) is 5.49. The Morgan fingerprint density at radius 2 is 1.53 bits per heavy atom. The van der Waals surface area contributed by atoms with Gasteiger partial charge < -0.3 is 34.1 Å². The minimum absolute atomic E-state index is 0.0504. The molecule has 2 aromatic heterocycles. The lowest BCUT2D eigenvalue weighted by Crippen LogP contribution is -2.47. The van der Waals surface area contributed by atoms with Crippen LogP contribution in [0.5, 0.6) is 0 Å². The van der Waals surface area contributed by atoms with Gasteiger partial charge in [0.25, 0.3) is 0 Å². The first-order valence-electron chi connectivity index (χ1n) is 18.7. The summed E-state index contributed by atoms with van der Waals surface area (Å²) in [6.45, 7) is 13.2. The second-order valence-corrected chi connectivity index (χ2v) is 18.2. The summed E-state index contributed by atoms with van der Waals surface area (Å²) in [4.78, 5) is 84.5. The van der Waals surface area contributed by atoms with Gasteiger partial charge in [-0.3, -0.25) is 19.2 Å². The van der Waals surface area contributed by atoms with E-state index in [-0.39, 0.29) is 53.4 Å². The Morgan fingerprint density at radius 1 is 0.912 bits per heavy atom. The molecule has 0 aliphatic carbocycles. The third kappa shape index (κ3) is 17.6. The van der Waals surface area contributed by atoms with Crippen LogP contribution in [0.25, 0.3) is 0 Å². The summed E-state index contributed by atoms with van der Waals surface area (Å²) < 4.78 is 26.0. The monoisotopic (exact) mass is 879 g/mol. The molecule has 2 rings (SSSR count). The van der Waals surface area contributed by atoms with Crippen LogP contribution in [0.2, 0.25) is 0 Å². The van der Waals surface area contributed by atoms with Crippen LogP contribution in [-0.2, 0) is 42.9 Å². The molecule has 0 saturated carbocycles. The zero-order valence-corrected chi connectivity index (χ0v) is 37.0. The third-order valence-electron chi connectivity index (χ3n) is 8.40. The SMILES string of the molecule is CCCC(=O)N[C@@H](CC(C)C)[C@@H](CC(=O)OC[C@@H](O)c1nc(C(=O)O[C@@H](CCCC(C)(Cl)Cl)[C@H](C)C(=O)O[C@H](c2nc(C(=O)OC)cs2)C(C)C)cs1)OC(C)=O. The van der Waals surface area contributed by atoms with Gasteiger partial charge in [0.2, 0.25) is 5.91 Å². The number of aliphatic hydroxyl groups excluding tert-OH is 1. The Labute approximate surface area is 351 Å². The van der Waals surface area contributed by atoms with E-state index in [2.05, 4.69) is 15.3 Å². The van der Waals surface area contributed by atoms with Crippen LogP contribution in [0, 0.1) is 17.8 Å². The number of aliphatic hydroxyl groups is 1. The number of hydrogen-bond donors (Lipinski definition) is 2. The molecule has 19 heteroatoms. The van der Waals surface area contributed by atoms with Gasteiger partial charge in [0.1, 0.15) is 39.3 Å². The van der Waals surface area contributed by atoms with Crippen molar-refractivity contribution in [3.05, 3.63) is 32.2 Å². The van der Waals surface area contributed by atoms with Crippen molar-refractivity contribution < 1.29 is 57.6 Å². The molecule has 0 unspecified atom stereocenters. The molecule has 2 heterocycles. The van der Waals surface area contributed by atoms with Gasteiger partial charge in [0.15, 0.2) is 17.5 Å². The summed E-state index contributed by atoms with van der Waals surface area (Å²) >= 11 is 14.4. The Bertz CT molecular complexity index is 1640. The Hall–Kier alpha value is -3.38. The van der Waals surface area contributed by atoms with E-state index in [9.17, 15) is 33.9 Å². The van der Waals surface area contributed by atoms with Crippen LogP contribution in [0.4, 0.5) is 0 Å². The number of esters is 5. The van der Waals surface area contributed by atoms with Gasteiger partial charge in [-0.2, -0.15) is 0 Å². The first-order chi connectivity index (χ1) is 26.6. The van der Waals surface area contributed by atoms with Crippen LogP contribution in [0.1, 0.15) is 144 Å². The molecular weight excluding hydrogens is 825 g/mol. The maximum absolute atomic E-state index is 13.5. The van der Waals surface area contributed by atoms with Crippen molar-refractivity contribution in [2.75, 3.05) is 13.7 Å². The number of hydrogen-bond acceptors (Lipinski definition) is 16. The number of carbonyl (C=O) groups is 6. The predicted molar refractivity (Wildman–Crippen MR) is 214 cm³/mol. The van der Waals surface area contributed by atoms with E-state index < -0.39 is 77.2 Å². The molecule has 0 radical (unpaired) electrons. The highest BCUT2D eigenvalue weighted by Crippen LogP contribution is 2.32. The van der Waals surface area contributed by atoms with Gasteiger partial charge in [-0.15, -0.1) is 45.9 Å². The van der Waals surface area contributed by atoms with Gasteiger partial charge in [0.05, 0.1) is 25.5 Å². The third-order valence-corrected chi connectivity index (χ3v) is 10.6. The average molecular weight is 881 g/mol. The molecule has 0 spiro atoms. The van der Waals surface area contributed by atoms with Gasteiger partial charge in [-0.25, -0.2) is 19.6 Å². The van der Waals surface area contributed by atoms with Crippen molar-refractivity contribution in [1.29, 1.82) is 0 Å². The lowest BCUT2D eigenvalue weighted by atomic mass is 9.96. The second kappa shape index (κ2) is 23.9. The Balaban J connectivity index is 2.15. The van der Waals surface area contributed by atoms with Crippen molar-refractivity contribution in [3.8, 4) is 0 Å². The van der Waals surface area contributed by atoms with Crippen molar-refractivity contribution in [1.82, 2.24) is 15.3 Å². The molecule has 2 N–H and O–H groups in total. The Morgan fingerprint density at radius 3 is 2.09 bits per heavy atom. The number of thiazole rings is 2. The maximum atomic E-state index is 13.5. The Kier molecular flexibility index (Phi) is 20.9. The number of aromatic nitrogens is 2. The van der Waals surface area contributed by atoms with Crippen LogP contribution in [0.3, 0.4) is 0 Å². The molecule has 6 atom stereocenters. The van der Waals surface area contributed by atoms with E-state index in [1.807, 2.05) is 34.6 Å². The lowest BCUT2D eigenvalue weighted by Gasteiger charge is -2.28. The number of carbonyl (C=O) groups excluding carboxylic acids is 6. The van der Waals surface area contributed by atoms with Gasteiger partial charge >= 0.3 is 29.8 Å². The molecule has 0 saturated heterocycles. The summed E-state index contributed by atoms with van der Waals surface area (Å²) in [5.74, 6) is -4.92. The normalized spacial score (nSPS) is 14.8. The first-order valence-corrected chi connectivity index (χ1v) is 21.3. The fourth-order valence-corrected chi connectivity index (χ4v) is 7.50. The van der Waals surface area contributed by atoms with Crippen molar-refractivity contribution in [3.63, 3.8) is 0 Å². The molecule has 57 heavy (non-hydrogen) atoms. The maximum Gasteiger partial charge on any atom is 0.358 e. The largest absolute Gasteiger partial charge is 0.464 e. The van der Waals surface area contributed by atoms with Gasteiger partial charge in [0, 0.05) is 24.1 Å². The summed E-state index contributed by atoms with van der Waals surface area (Å²) in [5.41, 5.74) is -0.0688.